The van der Waals surface area contributed by atoms with Crippen LogP contribution in [0.4, 0.5) is 0 Å². The van der Waals surface area contributed by atoms with E-state index in [4.69, 9.17) is 9.47 Å². The van der Waals surface area contributed by atoms with Crippen LogP contribution in [0.5, 0.6) is 0 Å². The van der Waals surface area contributed by atoms with Gasteiger partial charge in [0.25, 0.3) is 0 Å². The number of benzene rings is 1. The van der Waals surface area contributed by atoms with Crippen LogP contribution in [0, 0.1) is 6.92 Å². The van der Waals surface area contributed by atoms with Crippen LogP contribution in [0.2, 0.25) is 0 Å². The van der Waals surface area contributed by atoms with Crippen LogP contribution in [-0.2, 0) is 16.0 Å². The number of rotatable bonds is 8. The Balaban J connectivity index is 0.00000288. The summed E-state index contributed by atoms with van der Waals surface area (Å²) in [5, 5.41) is 6.64. The fourth-order valence-corrected chi connectivity index (χ4v) is 2.60. The summed E-state index contributed by atoms with van der Waals surface area (Å²) in [7, 11) is 1.79. The third kappa shape index (κ3) is 8.30. The lowest BCUT2D eigenvalue weighted by molar-refractivity contribution is 0.0168. The molecule has 0 saturated carbocycles. The molecule has 0 spiro atoms. The highest BCUT2D eigenvalue weighted by Gasteiger charge is 2.14. The SMILES string of the molecule is CN=C(NCCCOCC1CCCO1)NCc1cccc(C)c1.I. The van der Waals surface area contributed by atoms with Crippen molar-refractivity contribution in [3.63, 3.8) is 0 Å². The minimum atomic E-state index is 0. The maximum atomic E-state index is 5.65. The van der Waals surface area contributed by atoms with Gasteiger partial charge in [0, 0.05) is 33.4 Å². The first kappa shape index (κ1) is 21.2. The summed E-state index contributed by atoms with van der Waals surface area (Å²) in [5.41, 5.74) is 2.53. The highest BCUT2D eigenvalue weighted by Crippen LogP contribution is 2.11. The van der Waals surface area contributed by atoms with Crippen molar-refractivity contribution in [1.29, 1.82) is 0 Å². The standard InChI is InChI=1S/C18H29N3O2.HI/c1-15-6-3-7-16(12-15)13-21-18(19-2)20-9-5-10-22-14-17-8-4-11-23-17;/h3,6-7,12,17H,4-5,8-11,13-14H2,1-2H3,(H2,19,20,21);1H. The Morgan fingerprint density at radius 3 is 2.96 bits per heavy atom. The Labute approximate surface area is 162 Å². The summed E-state index contributed by atoms with van der Waals surface area (Å²) in [6.45, 7) is 6.09. The molecular formula is C18H30IN3O2. The second-order valence-electron chi connectivity index (χ2n) is 5.91. The van der Waals surface area contributed by atoms with Crippen molar-refractivity contribution in [1.82, 2.24) is 10.6 Å². The molecule has 1 aliphatic rings. The van der Waals surface area contributed by atoms with Gasteiger partial charge in [0.1, 0.15) is 0 Å². The zero-order valence-corrected chi connectivity index (χ0v) is 17.0. The highest BCUT2D eigenvalue weighted by atomic mass is 127. The topological polar surface area (TPSA) is 54.9 Å². The second kappa shape index (κ2) is 12.5. The first-order valence-electron chi connectivity index (χ1n) is 8.47. The molecular weight excluding hydrogens is 417 g/mol. The molecule has 0 radical (unpaired) electrons. The van der Waals surface area contributed by atoms with E-state index in [2.05, 4.69) is 46.8 Å². The van der Waals surface area contributed by atoms with E-state index >= 15 is 0 Å². The quantitative estimate of drug-likeness (QED) is 0.279. The largest absolute Gasteiger partial charge is 0.379 e. The molecule has 1 fully saturated rings. The van der Waals surface area contributed by atoms with E-state index in [0.29, 0.717) is 6.10 Å². The monoisotopic (exact) mass is 447 g/mol. The summed E-state index contributed by atoms with van der Waals surface area (Å²) in [4.78, 5) is 4.24. The Hall–Kier alpha value is -0.860. The summed E-state index contributed by atoms with van der Waals surface area (Å²) in [6.07, 6.45) is 3.57. The number of aliphatic imine (C=N–C) groups is 1. The molecule has 1 aliphatic heterocycles. The van der Waals surface area contributed by atoms with E-state index in [1.807, 2.05) is 0 Å². The molecule has 1 unspecified atom stereocenters. The summed E-state index contributed by atoms with van der Waals surface area (Å²) in [5.74, 6) is 0.825. The molecule has 5 nitrogen and oxygen atoms in total. The molecule has 0 aliphatic carbocycles. The van der Waals surface area contributed by atoms with Crippen molar-refractivity contribution in [2.45, 2.75) is 38.8 Å². The maximum Gasteiger partial charge on any atom is 0.191 e. The van der Waals surface area contributed by atoms with Crippen molar-refractivity contribution in [2.24, 2.45) is 4.99 Å². The first-order valence-corrected chi connectivity index (χ1v) is 8.47. The average molecular weight is 447 g/mol. The van der Waals surface area contributed by atoms with Gasteiger partial charge in [-0.15, -0.1) is 24.0 Å². The Morgan fingerprint density at radius 1 is 1.38 bits per heavy atom. The van der Waals surface area contributed by atoms with E-state index < -0.39 is 0 Å². The molecule has 0 amide bonds. The van der Waals surface area contributed by atoms with Gasteiger partial charge >= 0.3 is 0 Å². The first-order chi connectivity index (χ1) is 11.3. The number of ether oxygens (including phenoxy) is 2. The predicted octanol–water partition coefficient (Wildman–Crippen LogP) is 2.86. The lowest BCUT2D eigenvalue weighted by Gasteiger charge is -2.13. The molecule has 0 aromatic heterocycles. The van der Waals surface area contributed by atoms with E-state index in [9.17, 15) is 0 Å². The van der Waals surface area contributed by atoms with Gasteiger partial charge in [-0.05, 0) is 31.7 Å². The van der Waals surface area contributed by atoms with E-state index in [-0.39, 0.29) is 24.0 Å². The van der Waals surface area contributed by atoms with Crippen molar-refractivity contribution in [2.75, 3.05) is 33.4 Å². The van der Waals surface area contributed by atoms with E-state index in [1.54, 1.807) is 7.05 Å². The number of nitrogens with zero attached hydrogens (tertiary/aromatic N) is 1. The smallest absolute Gasteiger partial charge is 0.191 e. The fourth-order valence-electron chi connectivity index (χ4n) is 2.60. The average Bonchev–Trinajstić information content (AvgIpc) is 3.07. The third-order valence-corrected chi connectivity index (χ3v) is 3.85. The number of nitrogens with one attached hydrogen (secondary N) is 2. The normalized spacial score (nSPS) is 17.4. The van der Waals surface area contributed by atoms with Crippen LogP contribution in [0.25, 0.3) is 0 Å². The number of guanidine groups is 1. The highest BCUT2D eigenvalue weighted by molar-refractivity contribution is 14.0. The molecule has 2 rings (SSSR count). The van der Waals surface area contributed by atoms with Gasteiger partial charge in [-0.2, -0.15) is 0 Å². The number of hydrogen-bond acceptors (Lipinski definition) is 3. The van der Waals surface area contributed by atoms with Crippen molar-refractivity contribution in [3.05, 3.63) is 35.4 Å². The summed E-state index contributed by atoms with van der Waals surface area (Å²) in [6, 6.07) is 8.48. The predicted molar refractivity (Wildman–Crippen MR) is 109 cm³/mol. The Bertz CT molecular complexity index is 491. The Morgan fingerprint density at radius 2 is 2.25 bits per heavy atom. The van der Waals surface area contributed by atoms with Crippen molar-refractivity contribution >= 4 is 29.9 Å². The minimum Gasteiger partial charge on any atom is -0.379 e. The van der Waals surface area contributed by atoms with Crippen LogP contribution < -0.4 is 10.6 Å². The van der Waals surface area contributed by atoms with Gasteiger partial charge in [0.05, 0.1) is 12.7 Å². The number of halogens is 1. The van der Waals surface area contributed by atoms with Crippen LogP contribution in [0.15, 0.2) is 29.3 Å². The van der Waals surface area contributed by atoms with E-state index in [1.165, 1.54) is 17.5 Å². The van der Waals surface area contributed by atoms with Gasteiger partial charge in [-0.3, -0.25) is 4.99 Å². The van der Waals surface area contributed by atoms with Crippen LogP contribution in [-0.4, -0.2) is 45.5 Å². The maximum absolute atomic E-state index is 5.65. The van der Waals surface area contributed by atoms with Gasteiger partial charge in [-0.1, -0.05) is 29.8 Å². The molecule has 1 aromatic rings. The van der Waals surface area contributed by atoms with E-state index in [0.717, 1.165) is 51.7 Å². The zero-order chi connectivity index (χ0) is 16.3. The Kier molecular flexibility index (Phi) is 11.0. The molecule has 1 aromatic carbocycles. The van der Waals surface area contributed by atoms with Gasteiger partial charge < -0.3 is 20.1 Å². The second-order valence-corrected chi connectivity index (χ2v) is 5.91. The fraction of sp³-hybridized carbons (Fsp3) is 0.611. The minimum absolute atomic E-state index is 0. The summed E-state index contributed by atoms with van der Waals surface area (Å²) >= 11 is 0. The zero-order valence-electron chi connectivity index (χ0n) is 14.7. The molecule has 24 heavy (non-hydrogen) atoms. The van der Waals surface area contributed by atoms with Gasteiger partial charge in [0.15, 0.2) is 5.96 Å². The number of hydrogen-bond donors (Lipinski definition) is 2. The molecule has 6 heteroatoms. The number of aryl methyl sites for hydroxylation is 1. The summed E-state index contributed by atoms with van der Waals surface area (Å²) < 4.78 is 11.2. The van der Waals surface area contributed by atoms with Crippen molar-refractivity contribution < 1.29 is 9.47 Å². The van der Waals surface area contributed by atoms with Gasteiger partial charge in [-0.25, -0.2) is 0 Å². The lowest BCUT2D eigenvalue weighted by Crippen LogP contribution is -2.37. The van der Waals surface area contributed by atoms with Crippen LogP contribution in [0.3, 0.4) is 0 Å². The van der Waals surface area contributed by atoms with Crippen LogP contribution >= 0.6 is 24.0 Å². The molecule has 1 heterocycles. The molecule has 0 bridgehead atoms. The molecule has 1 atom stereocenters. The lowest BCUT2D eigenvalue weighted by atomic mass is 10.1. The third-order valence-electron chi connectivity index (χ3n) is 3.85. The molecule has 136 valence electrons. The molecule has 1 saturated heterocycles. The van der Waals surface area contributed by atoms with Crippen molar-refractivity contribution in [3.8, 4) is 0 Å². The van der Waals surface area contributed by atoms with Crippen LogP contribution in [0.1, 0.15) is 30.4 Å². The molecule has 2 N–H and O–H groups in total. The van der Waals surface area contributed by atoms with Gasteiger partial charge in [0.2, 0.25) is 0 Å².